The molecule has 0 aliphatic heterocycles. The Morgan fingerprint density at radius 3 is 3.08 bits per heavy atom. The molecule has 0 fully saturated rings. The minimum absolute atomic E-state index is 0.279. The Kier molecular flexibility index (Phi) is 3.69. The van der Waals surface area contributed by atoms with Crippen LogP contribution in [0.25, 0.3) is 0 Å². The van der Waals surface area contributed by atoms with Gasteiger partial charge in [0, 0.05) is 6.20 Å². The molecule has 1 aromatic rings. The Labute approximate surface area is 89.2 Å². The van der Waals surface area contributed by atoms with Crippen molar-refractivity contribution in [2.45, 2.75) is 6.92 Å². The van der Waals surface area contributed by atoms with E-state index in [0.717, 1.165) is 0 Å². The van der Waals surface area contributed by atoms with Crippen molar-refractivity contribution in [2.24, 2.45) is 0 Å². The number of hydrogen-bond acceptors (Lipinski definition) is 3. The molecule has 0 atom stereocenters. The van der Waals surface area contributed by atoms with Crippen LogP contribution in [0.15, 0.2) is 16.9 Å². The monoisotopic (exact) mass is 263 g/mol. The van der Waals surface area contributed by atoms with Crippen molar-refractivity contribution >= 4 is 33.5 Å². The predicted octanol–water partition coefficient (Wildman–Crippen LogP) is 2.67. The van der Waals surface area contributed by atoms with Crippen molar-refractivity contribution in [3.63, 3.8) is 0 Å². The zero-order valence-corrected chi connectivity index (χ0v) is 9.22. The Hall–Kier alpha value is -0.610. The summed E-state index contributed by atoms with van der Waals surface area (Å²) in [5.41, 5.74) is 0.324. The second-order valence-corrected chi connectivity index (χ2v) is 3.31. The Balaban J connectivity index is 3.01. The quantitative estimate of drug-likeness (QED) is 0.609. The maximum absolute atomic E-state index is 11.3. The fourth-order valence-corrected chi connectivity index (χ4v) is 1.31. The third-order valence-electron chi connectivity index (χ3n) is 1.34. The first-order valence-electron chi connectivity index (χ1n) is 3.64. The fraction of sp³-hybridized carbons (Fsp3) is 0.250. The number of carbonyl (C=O) groups is 1. The molecular weight excluding hydrogens is 257 g/mol. The van der Waals surface area contributed by atoms with Crippen molar-refractivity contribution in [3.05, 3.63) is 27.5 Å². The highest BCUT2D eigenvalue weighted by molar-refractivity contribution is 9.10. The number of hydrogen-bond donors (Lipinski definition) is 0. The largest absolute Gasteiger partial charge is 0.462 e. The molecule has 1 aromatic heterocycles. The van der Waals surface area contributed by atoms with E-state index in [2.05, 4.69) is 20.9 Å². The van der Waals surface area contributed by atoms with E-state index >= 15 is 0 Å². The van der Waals surface area contributed by atoms with E-state index in [0.29, 0.717) is 16.8 Å². The predicted molar refractivity (Wildman–Crippen MR) is 52.9 cm³/mol. The molecule has 0 radical (unpaired) electrons. The number of halogens is 2. The van der Waals surface area contributed by atoms with Gasteiger partial charge in [0.1, 0.15) is 4.60 Å². The van der Waals surface area contributed by atoms with Crippen LogP contribution < -0.4 is 0 Å². The van der Waals surface area contributed by atoms with E-state index in [1.54, 1.807) is 6.92 Å². The van der Waals surface area contributed by atoms with Crippen LogP contribution >= 0.6 is 27.5 Å². The van der Waals surface area contributed by atoms with Gasteiger partial charge in [-0.25, -0.2) is 9.78 Å². The van der Waals surface area contributed by atoms with Gasteiger partial charge in [0.2, 0.25) is 0 Å². The summed E-state index contributed by atoms with van der Waals surface area (Å²) in [6, 6.07) is 1.52. The van der Waals surface area contributed by atoms with Gasteiger partial charge in [-0.15, -0.1) is 0 Å². The van der Waals surface area contributed by atoms with E-state index < -0.39 is 5.97 Å². The molecular formula is C8H7BrClNO2. The summed E-state index contributed by atoms with van der Waals surface area (Å²) >= 11 is 8.93. The molecule has 0 saturated heterocycles. The lowest BCUT2D eigenvalue weighted by Crippen LogP contribution is -2.05. The van der Waals surface area contributed by atoms with Gasteiger partial charge in [-0.2, -0.15) is 0 Å². The van der Waals surface area contributed by atoms with Gasteiger partial charge in [0.25, 0.3) is 0 Å². The molecule has 0 bridgehead atoms. The molecule has 0 saturated carbocycles. The molecule has 1 heterocycles. The number of carbonyl (C=O) groups excluding carboxylic acids is 1. The van der Waals surface area contributed by atoms with E-state index in [-0.39, 0.29) is 5.02 Å². The molecule has 5 heteroatoms. The Morgan fingerprint density at radius 2 is 2.46 bits per heavy atom. The molecule has 0 unspecified atom stereocenters. The third kappa shape index (κ3) is 2.42. The number of ether oxygens (including phenoxy) is 1. The molecule has 0 aromatic carbocycles. The zero-order valence-electron chi connectivity index (χ0n) is 6.88. The maximum Gasteiger partial charge on any atom is 0.339 e. The van der Waals surface area contributed by atoms with Crippen LogP contribution in [0.4, 0.5) is 0 Å². The zero-order chi connectivity index (χ0) is 9.84. The molecule has 0 amide bonds. The summed E-state index contributed by atoms with van der Waals surface area (Å²) in [6.07, 6.45) is 1.49. The van der Waals surface area contributed by atoms with E-state index in [9.17, 15) is 4.79 Å². The highest BCUT2D eigenvalue weighted by Gasteiger charge is 2.13. The van der Waals surface area contributed by atoms with Crippen LogP contribution in [0.2, 0.25) is 5.02 Å². The molecule has 0 spiro atoms. The minimum Gasteiger partial charge on any atom is -0.462 e. The van der Waals surface area contributed by atoms with Crippen molar-refractivity contribution < 1.29 is 9.53 Å². The van der Waals surface area contributed by atoms with Gasteiger partial charge >= 0.3 is 5.97 Å². The fourth-order valence-electron chi connectivity index (χ4n) is 0.785. The number of nitrogens with zero attached hydrogens (tertiary/aromatic N) is 1. The van der Waals surface area contributed by atoms with Crippen LogP contribution in [0.5, 0.6) is 0 Å². The minimum atomic E-state index is -0.435. The number of esters is 1. The second-order valence-electron chi connectivity index (χ2n) is 2.18. The summed E-state index contributed by atoms with van der Waals surface area (Å²) in [5.74, 6) is -0.435. The summed E-state index contributed by atoms with van der Waals surface area (Å²) in [6.45, 7) is 2.07. The van der Waals surface area contributed by atoms with E-state index in [1.807, 2.05) is 0 Å². The molecule has 13 heavy (non-hydrogen) atoms. The smallest absolute Gasteiger partial charge is 0.339 e. The lowest BCUT2D eigenvalue weighted by molar-refractivity contribution is 0.0526. The average molecular weight is 265 g/mol. The lowest BCUT2D eigenvalue weighted by atomic mass is 10.3. The first-order chi connectivity index (χ1) is 6.16. The average Bonchev–Trinajstić information content (AvgIpc) is 2.10. The van der Waals surface area contributed by atoms with Crippen molar-refractivity contribution in [3.8, 4) is 0 Å². The molecule has 0 N–H and O–H groups in total. The van der Waals surface area contributed by atoms with Gasteiger partial charge in [-0.1, -0.05) is 11.6 Å². The summed E-state index contributed by atoms with van der Waals surface area (Å²) in [5, 5.41) is 0.279. The van der Waals surface area contributed by atoms with Gasteiger partial charge in [0.15, 0.2) is 0 Å². The van der Waals surface area contributed by atoms with Gasteiger partial charge in [0.05, 0.1) is 17.2 Å². The van der Waals surface area contributed by atoms with Crippen molar-refractivity contribution in [1.29, 1.82) is 0 Å². The highest BCUT2D eigenvalue weighted by atomic mass is 79.9. The SMILES string of the molecule is CCOC(=O)c1ccnc(Br)c1Cl. The standard InChI is InChI=1S/C8H7BrClNO2/c1-2-13-8(12)5-3-4-11-7(9)6(5)10/h3-4H,2H2,1H3. The van der Waals surface area contributed by atoms with Crippen LogP contribution in [0, 0.1) is 0 Å². The lowest BCUT2D eigenvalue weighted by Gasteiger charge is -2.03. The normalized spacial score (nSPS) is 9.77. The van der Waals surface area contributed by atoms with Crippen LogP contribution in [-0.4, -0.2) is 17.6 Å². The summed E-state index contributed by atoms with van der Waals surface area (Å²) < 4.78 is 5.24. The Bertz CT molecular complexity index is 330. The Morgan fingerprint density at radius 1 is 1.77 bits per heavy atom. The van der Waals surface area contributed by atoms with E-state index in [4.69, 9.17) is 16.3 Å². The molecule has 0 aliphatic carbocycles. The molecule has 0 aliphatic rings. The van der Waals surface area contributed by atoms with Crippen molar-refractivity contribution in [2.75, 3.05) is 6.61 Å². The topological polar surface area (TPSA) is 39.2 Å². The van der Waals surface area contributed by atoms with Gasteiger partial charge in [-0.05, 0) is 28.9 Å². The molecule has 70 valence electrons. The molecule has 3 nitrogen and oxygen atoms in total. The van der Waals surface area contributed by atoms with Gasteiger partial charge < -0.3 is 4.74 Å². The first kappa shape index (κ1) is 10.5. The maximum atomic E-state index is 11.3. The number of rotatable bonds is 2. The molecule has 1 rings (SSSR count). The highest BCUT2D eigenvalue weighted by Crippen LogP contribution is 2.24. The third-order valence-corrected chi connectivity index (χ3v) is 2.55. The second kappa shape index (κ2) is 4.58. The number of aromatic nitrogens is 1. The van der Waals surface area contributed by atoms with Crippen LogP contribution in [0.3, 0.4) is 0 Å². The van der Waals surface area contributed by atoms with Gasteiger partial charge in [-0.3, -0.25) is 0 Å². The van der Waals surface area contributed by atoms with Crippen LogP contribution in [-0.2, 0) is 4.74 Å². The van der Waals surface area contributed by atoms with E-state index in [1.165, 1.54) is 12.3 Å². The first-order valence-corrected chi connectivity index (χ1v) is 4.81. The summed E-state index contributed by atoms with van der Waals surface area (Å²) in [4.78, 5) is 15.1. The number of pyridine rings is 1. The van der Waals surface area contributed by atoms with Crippen molar-refractivity contribution in [1.82, 2.24) is 4.98 Å². The van der Waals surface area contributed by atoms with Crippen LogP contribution in [0.1, 0.15) is 17.3 Å². The summed E-state index contributed by atoms with van der Waals surface area (Å²) in [7, 11) is 0.